The molecule has 2 heterocycles. The Kier molecular flexibility index (Phi) is 4.00. The van der Waals surface area contributed by atoms with E-state index in [0.717, 1.165) is 6.07 Å². The summed E-state index contributed by atoms with van der Waals surface area (Å²) in [5, 5.41) is 0.666. The van der Waals surface area contributed by atoms with Gasteiger partial charge in [0, 0.05) is 16.1 Å². The van der Waals surface area contributed by atoms with Gasteiger partial charge in [-0.15, -0.1) is 0 Å². The lowest BCUT2D eigenvalue weighted by Crippen LogP contribution is -2.30. The summed E-state index contributed by atoms with van der Waals surface area (Å²) in [6.45, 7) is 0. The van der Waals surface area contributed by atoms with Crippen LogP contribution in [0.2, 0.25) is 10.0 Å². The summed E-state index contributed by atoms with van der Waals surface area (Å²) in [5.41, 5.74) is 1.30. The van der Waals surface area contributed by atoms with Gasteiger partial charge in [-0.05, 0) is 42.5 Å². The van der Waals surface area contributed by atoms with Gasteiger partial charge in [0.15, 0.2) is 11.6 Å². The summed E-state index contributed by atoms with van der Waals surface area (Å²) in [7, 11) is -4.63. The number of benzene rings is 3. The molecular weight excluding hydrogens is 451 g/mol. The first-order valence-electron chi connectivity index (χ1n) is 8.45. The first-order chi connectivity index (χ1) is 14.1. The van der Waals surface area contributed by atoms with Crippen LogP contribution in [0.4, 0.5) is 11.4 Å². The van der Waals surface area contributed by atoms with Gasteiger partial charge in [-0.3, -0.25) is 14.1 Å². The third kappa shape index (κ3) is 2.80. The summed E-state index contributed by atoms with van der Waals surface area (Å²) >= 11 is 11.9. The molecule has 0 aliphatic carbocycles. The van der Waals surface area contributed by atoms with Crippen LogP contribution in [0.25, 0.3) is 0 Å². The molecule has 0 saturated heterocycles. The molecule has 7 nitrogen and oxygen atoms in total. The van der Waals surface area contributed by atoms with E-state index in [-0.39, 0.29) is 43.9 Å². The molecule has 10 heteroatoms. The van der Waals surface area contributed by atoms with Crippen molar-refractivity contribution in [1.29, 1.82) is 0 Å². The second-order valence-electron chi connectivity index (χ2n) is 6.70. The van der Waals surface area contributed by atoms with Crippen molar-refractivity contribution in [3.63, 3.8) is 0 Å². The first-order valence-corrected chi connectivity index (χ1v) is 10.6. The normalized spacial score (nSPS) is 14.1. The second kappa shape index (κ2) is 6.29. The van der Waals surface area contributed by atoms with E-state index in [1.54, 1.807) is 18.2 Å². The molecular formula is C20H8Cl2N2O5S. The molecule has 148 valence electrons. The zero-order valence-electron chi connectivity index (χ0n) is 14.7. The van der Waals surface area contributed by atoms with Gasteiger partial charge in [0.2, 0.25) is 0 Å². The van der Waals surface area contributed by atoms with Crippen LogP contribution < -0.4 is 10.7 Å². The Morgan fingerprint density at radius 3 is 1.90 bits per heavy atom. The standard InChI is InChI=1S/C20H8Cl2N2O5S/c21-8-1-2-9-14(3-8)23-15-5-11-16(4-10(15)19(9)25)24-17-7-13(22)18(30(27,28)29)6-12(17)20(11)26/h1-7H,(H,27,28,29). The fraction of sp³-hybridized carbons (Fsp3) is 0. The van der Waals surface area contributed by atoms with E-state index in [0.29, 0.717) is 16.3 Å². The highest BCUT2D eigenvalue weighted by Crippen LogP contribution is 2.33. The molecule has 1 N–H and O–H groups in total. The van der Waals surface area contributed by atoms with Gasteiger partial charge in [-0.2, -0.15) is 8.42 Å². The molecule has 0 aromatic heterocycles. The Morgan fingerprint density at radius 2 is 1.30 bits per heavy atom. The van der Waals surface area contributed by atoms with Crippen LogP contribution in [0.5, 0.6) is 0 Å². The maximum atomic E-state index is 13.0. The number of fused-ring (bicyclic) bond motifs is 4. The van der Waals surface area contributed by atoms with Gasteiger partial charge in [-0.1, -0.05) is 23.2 Å². The second-order valence-corrected chi connectivity index (χ2v) is 8.94. The Bertz CT molecular complexity index is 1580. The van der Waals surface area contributed by atoms with Crippen molar-refractivity contribution < 1.29 is 22.6 Å². The number of halogens is 2. The maximum Gasteiger partial charge on any atom is 0.296 e. The van der Waals surface area contributed by atoms with Crippen LogP contribution in [-0.2, 0) is 10.1 Å². The number of nitrogens with zero attached hydrogens (tertiary/aromatic N) is 2. The minimum atomic E-state index is -4.63. The smallest absolute Gasteiger partial charge is 0.288 e. The lowest BCUT2D eigenvalue weighted by atomic mass is 9.93. The first kappa shape index (κ1) is 19.1. The van der Waals surface area contributed by atoms with Crippen molar-refractivity contribution in [1.82, 2.24) is 0 Å². The molecule has 0 radical (unpaired) electrons. The van der Waals surface area contributed by atoms with Gasteiger partial charge in [-0.25, -0.2) is 9.98 Å². The number of carbonyl (C=O) groups is 2. The number of hydrogen-bond donors (Lipinski definition) is 1. The zero-order chi connectivity index (χ0) is 21.4. The summed E-state index contributed by atoms with van der Waals surface area (Å²) < 4.78 is 32.4. The molecule has 3 aromatic carbocycles. The van der Waals surface area contributed by atoms with Gasteiger partial charge in [0.1, 0.15) is 4.90 Å². The number of hydrogen-bond acceptors (Lipinski definition) is 6. The highest BCUT2D eigenvalue weighted by Gasteiger charge is 2.28. The largest absolute Gasteiger partial charge is 0.296 e. The monoisotopic (exact) mass is 458 g/mol. The summed E-state index contributed by atoms with van der Waals surface area (Å²) in [6, 6.07) is 9.81. The molecule has 0 saturated carbocycles. The van der Waals surface area contributed by atoms with E-state index in [1.807, 2.05) is 0 Å². The molecule has 0 amide bonds. The molecule has 0 unspecified atom stereocenters. The lowest BCUT2D eigenvalue weighted by molar-refractivity contribution is 0.102. The summed E-state index contributed by atoms with van der Waals surface area (Å²) in [4.78, 5) is 34.1. The number of ketones is 2. The molecule has 0 fully saturated rings. The summed E-state index contributed by atoms with van der Waals surface area (Å²) in [6.07, 6.45) is 0. The van der Waals surface area contributed by atoms with Crippen LogP contribution in [0, 0.1) is 0 Å². The van der Waals surface area contributed by atoms with Crippen molar-refractivity contribution in [2.24, 2.45) is 9.98 Å². The van der Waals surface area contributed by atoms with E-state index in [1.165, 1.54) is 18.2 Å². The Labute approximate surface area is 179 Å². The fourth-order valence-corrected chi connectivity index (χ4v) is 4.67. The van der Waals surface area contributed by atoms with E-state index in [2.05, 4.69) is 9.98 Å². The molecule has 0 atom stereocenters. The van der Waals surface area contributed by atoms with Crippen molar-refractivity contribution >= 4 is 56.3 Å². The highest BCUT2D eigenvalue weighted by atomic mass is 35.5. The molecule has 0 spiro atoms. The summed E-state index contributed by atoms with van der Waals surface area (Å²) in [5.74, 6) is -0.804. The topological polar surface area (TPSA) is 113 Å². The Balaban J connectivity index is 1.79. The quantitative estimate of drug-likeness (QED) is 0.387. The molecule has 30 heavy (non-hydrogen) atoms. The van der Waals surface area contributed by atoms with Crippen LogP contribution in [0.1, 0.15) is 31.8 Å². The van der Waals surface area contributed by atoms with E-state index in [4.69, 9.17) is 23.2 Å². The third-order valence-corrected chi connectivity index (χ3v) is 6.42. The number of carbonyl (C=O) groups excluding carboxylic acids is 2. The van der Waals surface area contributed by atoms with E-state index >= 15 is 0 Å². The van der Waals surface area contributed by atoms with E-state index < -0.39 is 20.8 Å². The average molecular weight is 459 g/mol. The maximum absolute atomic E-state index is 13.0. The lowest BCUT2D eigenvalue weighted by Gasteiger charge is -2.16. The predicted molar refractivity (Wildman–Crippen MR) is 108 cm³/mol. The minimum Gasteiger partial charge on any atom is -0.288 e. The highest BCUT2D eigenvalue weighted by molar-refractivity contribution is 7.86. The van der Waals surface area contributed by atoms with Gasteiger partial charge in [0.25, 0.3) is 10.1 Å². The molecule has 3 aromatic rings. The van der Waals surface area contributed by atoms with Crippen molar-refractivity contribution in [2.75, 3.05) is 0 Å². The molecule has 2 aliphatic heterocycles. The molecule has 0 bridgehead atoms. The van der Waals surface area contributed by atoms with Crippen molar-refractivity contribution in [3.8, 4) is 0 Å². The zero-order valence-corrected chi connectivity index (χ0v) is 17.0. The van der Waals surface area contributed by atoms with E-state index in [9.17, 15) is 22.6 Å². The molecule has 5 rings (SSSR count). The van der Waals surface area contributed by atoms with Crippen LogP contribution >= 0.6 is 23.2 Å². The average Bonchev–Trinajstić information content (AvgIpc) is 2.66. The molecule has 2 aliphatic rings. The Hall–Kier alpha value is -2.91. The van der Waals surface area contributed by atoms with Crippen LogP contribution in [-0.4, -0.2) is 24.5 Å². The van der Waals surface area contributed by atoms with Gasteiger partial charge < -0.3 is 0 Å². The van der Waals surface area contributed by atoms with Crippen molar-refractivity contribution in [2.45, 2.75) is 4.90 Å². The predicted octanol–water partition coefficient (Wildman–Crippen LogP) is 3.23. The third-order valence-electron chi connectivity index (χ3n) is 4.86. The fourth-order valence-electron chi connectivity index (χ4n) is 3.48. The SMILES string of the molecule is O=C1c2ccc(Cl)cc2N=c2cc3c(cc21)=Nc1cc(Cl)c(S(=O)(=O)O)cc1C3=O. The minimum absolute atomic E-state index is 0.0370. The Morgan fingerprint density at radius 1 is 0.733 bits per heavy atom. The van der Waals surface area contributed by atoms with Gasteiger partial charge in [0.05, 0.1) is 38.2 Å². The van der Waals surface area contributed by atoms with Crippen LogP contribution in [0.15, 0.2) is 57.3 Å². The van der Waals surface area contributed by atoms with Crippen molar-refractivity contribution in [3.05, 3.63) is 85.5 Å². The van der Waals surface area contributed by atoms with Gasteiger partial charge >= 0.3 is 0 Å². The van der Waals surface area contributed by atoms with Crippen LogP contribution in [0.3, 0.4) is 0 Å². The number of rotatable bonds is 1.